The third kappa shape index (κ3) is 2.49. The van der Waals surface area contributed by atoms with Crippen LogP contribution in [-0.2, 0) is 10.1 Å². The van der Waals surface area contributed by atoms with E-state index in [1.54, 1.807) is 0 Å². The smallest absolute Gasteiger partial charge is 0.357 e. The number of hydrogen-bond acceptors (Lipinski definition) is 3. The summed E-state index contributed by atoms with van der Waals surface area (Å²) in [4.78, 5) is 14.9. The summed E-state index contributed by atoms with van der Waals surface area (Å²) in [5.74, 6) is -0.711. The average molecular weight is 315 g/mol. The highest BCUT2D eigenvalue weighted by atomic mass is 79.9. The number of carbonyl (C=O) groups is 1. The standard InChI is InChI=1S/C9H7BrClF2NO2/c1-16-9(15)7-4(2-10)6(11)5(3-14-7)8(12)13/h3,8H,2H2,1H3. The summed E-state index contributed by atoms with van der Waals surface area (Å²) in [6.07, 6.45) is -1.85. The maximum Gasteiger partial charge on any atom is 0.357 e. The van der Waals surface area contributed by atoms with Gasteiger partial charge in [-0.15, -0.1) is 0 Å². The number of alkyl halides is 3. The number of rotatable bonds is 3. The van der Waals surface area contributed by atoms with Crippen LogP contribution in [-0.4, -0.2) is 18.1 Å². The lowest BCUT2D eigenvalue weighted by molar-refractivity contribution is 0.0592. The van der Waals surface area contributed by atoms with E-state index in [4.69, 9.17) is 11.6 Å². The second kappa shape index (κ2) is 5.54. The van der Waals surface area contributed by atoms with Crippen LogP contribution < -0.4 is 0 Å². The molecule has 88 valence electrons. The van der Waals surface area contributed by atoms with Gasteiger partial charge < -0.3 is 4.74 Å². The molecule has 0 radical (unpaired) electrons. The Morgan fingerprint density at radius 2 is 2.31 bits per heavy atom. The molecule has 0 aliphatic heterocycles. The number of methoxy groups -OCH3 is 1. The topological polar surface area (TPSA) is 39.2 Å². The number of nitrogens with zero attached hydrogens (tertiary/aromatic N) is 1. The normalized spacial score (nSPS) is 10.6. The van der Waals surface area contributed by atoms with Crippen molar-refractivity contribution in [3.63, 3.8) is 0 Å². The molecule has 0 aromatic carbocycles. The summed E-state index contributed by atoms with van der Waals surface area (Å²) < 4.78 is 29.5. The minimum atomic E-state index is -2.73. The minimum Gasteiger partial charge on any atom is -0.464 e. The predicted molar refractivity (Wildman–Crippen MR) is 58.2 cm³/mol. The molecular formula is C9H7BrClF2NO2. The van der Waals surface area contributed by atoms with Crippen molar-refractivity contribution in [2.45, 2.75) is 11.8 Å². The first kappa shape index (κ1) is 13.3. The van der Waals surface area contributed by atoms with Crippen molar-refractivity contribution in [2.24, 2.45) is 0 Å². The first-order chi connectivity index (χ1) is 7.52. The van der Waals surface area contributed by atoms with Crippen LogP contribution in [0.4, 0.5) is 8.78 Å². The number of aromatic nitrogens is 1. The second-order valence-corrected chi connectivity index (χ2v) is 3.72. The molecule has 0 N–H and O–H groups in total. The fraction of sp³-hybridized carbons (Fsp3) is 0.333. The Balaban J connectivity index is 3.35. The van der Waals surface area contributed by atoms with Gasteiger partial charge in [-0.25, -0.2) is 18.6 Å². The first-order valence-electron chi connectivity index (χ1n) is 4.12. The number of pyridine rings is 1. The highest BCUT2D eigenvalue weighted by molar-refractivity contribution is 9.08. The molecule has 0 aliphatic carbocycles. The van der Waals surface area contributed by atoms with Crippen LogP contribution >= 0.6 is 27.5 Å². The summed E-state index contributed by atoms with van der Waals surface area (Å²) in [5, 5.41) is -0.0219. The Morgan fingerprint density at radius 3 is 2.75 bits per heavy atom. The van der Waals surface area contributed by atoms with Crippen molar-refractivity contribution in [1.82, 2.24) is 4.98 Å². The van der Waals surface area contributed by atoms with E-state index in [-0.39, 0.29) is 21.6 Å². The summed E-state index contributed by atoms with van der Waals surface area (Å²) in [7, 11) is 1.18. The quantitative estimate of drug-likeness (QED) is 0.634. The summed E-state index contributed by atoms with van der Waals surface area (Å²) >= 11 is 8.82. The van der Waals surface area contributed by atoms with Crippen LogP contribution in [0.3, 0.4) is 0 Å². The zero-order chi connectivity index (χ0) is 12.3. The molecule has 0 atom stereocenters. The van der Waals surface area contributed by atoms with E-state index in [2.05, 4.69) is 25.7 Å². The number of ether oxygens (including phenoxy) is 1. The van der Waals surface area contributed by atoms with Gasteiger partial charge in [-0.1, -0.05) is 27.5 Å². The van der Waals surface area contributed by atoms with Crippen molar-refractivity contribution < 1.29 is 18.3 Å². The van der Waals surface area contributed by atoms with Crippen LogP contribution in [0.25, 0.3) is 0 Å². The largest absolute Gasteiger partial charge is 0.464 e. The van der Waals surface area contributed by atoms with E-state index >= 15 is 0 Å². The molecule has 1 aromatic rings. The molecule has 1 aromatic heterocycles. The number of carbonyl (C=O) groups excluding carboxylic acids is 1. The van der Waals surface area contributed by atoms with Crippen molar-refractivity contribution in [3.8, 4) is 0 Å². The SMILES string of the molecule is COC(=O)c1ncc(C(F)F)c(Cl)c1CBr. The van der Waals surface area contributed by atoms with Crippen molar-refractivity contribution in [3.05, 3.63) is 28.0 Å². The molecule has 7 heteroatoms. The fourth-order valence-electron chi connectivity index (χ4n) is 1.09. The lowest BCUT2D eigenvalue weighted by Gasteiger charge is -2.10. The third-order valence-electron chi connectivity index (χ3n) is 1.88. The fourth-order valence-corrected chi connectivity index (χ4v) is 2.09. The Labute approximate surface area is 104 Å². The second-order valence-electron chi connectivity index (χ2n) is 2.78. The average Bonchev–Trinajstić information content (AvgIpc) is 2.26. The lowest BCUT2D eigenvalue weighted by Crippen LogP contribution is -2.09. The molecule has 0 unspecified atom stereocenters. The molecule has 0 amide bonds. The molecule has 1 rings (SSSR count). The molecule has 1 heterocycles. The number of esters is 1. The molecule has 0 spiro atoms. The highest BCUT2D eigenvalue weighted by Gasteiger charge is 2.22. The summed E-state index contributed by atoms with van der Waals surface area (Å²) in [5.41, 5.74) is -0.260. The van der Waals surface area contributed by atoms with Gasteiger partial charge in [-0.3, -0.25) is 0 Å². The van der Waals surface area contributed by atoms with Gasteiger partial charge in [0.25, 0.3) is 6.43 Å². The van der Waals surface area contributed by atoms with Gasteiger partial charge in [-0.2, -0.15) is 0 Å². The van der Waals surface area contributed by atoms with E-state index in [1.165, 1.54) is 7.11 Å². The maximum atomic E-state index is 12.5. The summed E-state index contributed by atoms with van der Waals surface area (Å²) in [6, 6.07) is 0. The van der Waals surface area contributed by atoms with Gasteiger partial charge in [0.2, 0.25) is 0 Å². The molecular weight excluding hydrogens is 307 g/mol. The monoisotopic (exact) mass is 313 g/mol. The van der Waals surface area contributed by atoms with Crippen LogP contribution in [0.5, 0.6) is 0 Å². The molecule has 0 saturated heterocycles. The predicted octanol–water partition coefficient (Wildman–Crippen LogP) is 3.35. The maximum absolute atomic E-state index is 12.5. The Kier molecular flexibility index (Phi) is 4.61. The Morgan fingerprint density at radius 1 is 1.69 bits per heavy atom. The molecule has 3 nitrogen and oxygen atoms in total. The zero-order valence-electron chi connectivity index (χ0n) is 8.14. The van der Waals surface area contributed by atoms with Gasteiger partial charge >= 0.3 is 5.97 Å². The Hall–Kier alpha value is -0.750. The first-order valence-corrected chi connectivity index (χ1v) is 5.62. The van der Waals surface area contributed by atoms with Gasteiger partial charge in [0.1, 0.15) is 0 Å². The van der Waals surface area contributed by atoms with Gasteiger partial charge in [0.05, 0.1) is 17.7 Å². The van der Waals surface area contributed by atoms with E-state index in [1.807, 2.05) is 0 Å². The van der Waals surface area contributed by atoms with Crippen molar-refractivity contribution in [1.29, 1.82) is 0 Å². The molecule has 0 fully saturated rings. The molecule has 16 heavy (non-hydrogen) atoms. The number of hydrogen-bond donors (Lipinski definition) is 0. The molecule has 0 bridgehead atoms. The van der Waals surface area contributed by atoms with Gasteiger partial charge in [-0.05, 0) is 0 Å². The molecule has 0 saturated carbocycles. The van der Waals surface area contributed by atoms with E-state index in [0.29, 0.717) is 0 Å². The molecule has 0 aliphatic rings. The van der Waals surface area contributed by atoms with Crippen LogP contribution in [0.15, 0.2) is 6.20 Å². The zero-order valence-corrected chi connectivity index (χ0v) is 10.5. The van der Waals surface area contributed by atoms with Crippen molar-refractivity contribution in [2.75, 3.05) is 7.11 Å². The minimum absolute atomic E-state index is 0.0613. The van der Waals surface area contributed by atoms with E-state index < -0.39 is 18.0 Å². The van der Waals surface area contributed by atoms with Gasteiger partial charge in [0, 0.05) is 17.1 Å². The third-order valence-corrected chi connectivity index (χ3v) is 2.89. The lowest BCUT2D eigenvalue weighted by atomic mass is 10.1. The van der Waals surface area contributed by atoms with Crippen LogP contribution in [0.1, 0.15) is 28.0 Å². The van der Waals surface area contributed by atoms with Gasteiger partial charge in [0.15, 0.2) is 5.69 Å². The van der Waals surface area contributed by atoms with Crippen LogP contribution in [0.2, 0.25) is 5.02 Å². The highest BCUT2D eigenvalue weighted by Crippen LogP contribution is 2.31. The van der Waals surface area contributed by atoms with Crippen LogP contribution in [0, 0.1) is 0 Å². The van der Waals surface area contributed by atoms with E-state index in [0.717, 1.165) is 6.20 Å². The Bertz CT molecular complexity index is 415. The summed E-state index contributed by atoms with van der Waals surface area (Å²) in [6.45, 7) is 0. The van der Waals surface area contributed by atoms with Crippen molar-refractivity contribution >= 4 is 33.5 Å². The number of halogens is 4. The van der Waals surface area contributed by atoms with E-state index in [9.17, 15) is 13.6 Å².